The van der Waals surface area contributed by atoms with Crippen molar-refractivity contribution in [2.24, 2.45) is 11.8 Å². The molecule has 4 aromatic carbocycles. The average molecular weight is 519 g/mol. The molecular formula is C32H23ClN2O3. The largest absolute Gasteiger partial charge is 0.322 e. The number of hydrogen-bond donors (Lipinski definition) is 1. The SMILES string of the molecule is Cc1ccc(Cl)cc1NC(=O)c1ccc(N2C(=O)[C@@H]3C4c5ccccc5C(c5ccccc54)[C@@H]3C2=O)cc1. The van der Waals surface area contributed by atoms with Crippen molar-refractivity contribution >= 4 is 40.7 Å². The predicted octanol–water partition coefficient (Wildman–Crippen LogP) is 6.30. The molecule has 186 valence electrons. The number of nitrogens with zero attached hydrogens (tertiary/aromatic N) is 1. The number of amides is 3. The number of hydrogen-bond acceptors (Lipinski definition) is 3. The third-order valence-corrected chi connectivity index (χ3v) is 8.52. The van der Waals surface area contributed by atoms with Crippen LogP contribution in [-0.2, 0) is 9.59 Å². The monoisotopic (exact) mass is 518 g/mol. The highest BCUT2D eigenvalue weighted by molar-refractivity contribution is 6.31. The summed E-state index contributed by atoms with van der Waals surface area (Å²) in [5.74, 6) is -1.82. The summed E-state index contributed by atoms with van der Waals surface area (Å²) in [6, 6.07) is 28.3. The number of nitrogens with one attached hydrogen (secondary N) is 1. The molecule has 38 heavy (non-hydrogen) atoms. The highest BCUT2D eigenvalue weighted by Gasteiger charge is 2.61. The van der Waals surface area contributed by atoms with Crippen molar-refractivity contribution < 1.29 is 14.4 Å². The maximum Gasteiger partial charge on any atom is 0.255 e. The number of carbonyl (C=O) groups excluding carboxylic acids is 3. The first kappa shape index (κ1) is 22.9. The highest BCUT2D eigenvalue weighted by atomic mass is 35.5. The number of anilines is 2. The molecule has 1 saturated heterocycles. The molecule has 1 fully saturated rings. The Labute approximate surface area is 225 Å². The van der Waals surface area contributed by atoms with Gasteiger partial charge in [-0.15, -0.1) is 0 Å². The molecule has 3 aliphatic carbocycles. The zero-order valence-corrected chi connectivity index (χ0v) is 21.3. The Kier molecular flexibility index (Phi) is 5.07. The van der Waals surface area contributed by atoms with E-state index in [2.05, 4.69) is 29.6 Å². The van der Waals surface area contributed by atoms with E-state index in [0.29, 0.717) is 22.0 Å². The fourth-order valence-corrected chi connectivity index (χ4v) is 6.79. The van der Waals surface area contributed by atoms with Crippen molar-refractivity contribution in [1.82, 2.24) is 0 Å². The molecular weight excluding hydrogens is 496 g/mol. The fourth-order valence-electron chi connectivity index (χ4n) is 6.62. The first-order valence-corrected chi connectivity index (χ1v) is 13.0. The minimum atomic E-state index is -0.439. The van der Waals surface area contributed by atoms with E-state index in [1.165, 1.54) is 4.90 Å². The summed E-state index contributed by atoms with van der Waals surface area (Å²) >= 11 is 6.08. The molecule has 6 heteroatoms. The summed E-state index contributed by atoms with van der Waals surface area (Å²) in [7, 11) is 0. The van der Waals surface area contributed by atoms with Crippen LogP contribution < -0.4 is 10.2 Å². The molecule has 0 saturated carbocycles. The molecule has 2 atom stereocenters. The third-order valence-electron chi connectivity index (χ3n) is 8.28. The Morgan fingerprint density at radius 2 is 1.24 bits per heavy atom. The lowest BCUT2D eigenvalue weighted by atomic mass is 9.55. The van der Waals surface area contributed by atoms with Gasteiger partial charge in [0.2, 0.25) is 11.8 Å². The minimum Gasteiger partial charge on any atom is -0.322 e. The Balaban J connectivity index is 1.21. The normalized spacial score (nSPS) is 22.6. The molecule has 4 aromatic rings. The van der Waals surface area contributed by atoms with E-state index in [1.54, 1.807) is 36.4 Å². The zero-order valence-electron chi connectivity index (χ0n) is 20.5. The molecule has 5 nitrogen and oxygen atoms in total. The molecule has 0 aromatic heterocycles. The molecule has 4 aliphatic rings. The van der Waals surface area contributed by atoms with Crippen molar-refractivity contribution in [3.8, 4) is 0 Å². The molecule has 1 heterocycles. The van der Waals surface area contributed by atoms with Gasteiger partial charge in [0.1, 0.15) is 0 Å². The first-order valence-electron chi connectivity index (χ1n) is 12.7. The van der Waals surface area contributed by atoms with Crippen molar-refractivity contribution in [3.05, 3.63) is 129 Å². The molecule has 3 amide bonds. The summed E-state index contributed by atoms with van der Waals surface area (Å²) in [5.41, 5.74) is 7.00. The van der Waals surface area contributed by atoms with Crippen molar-refractivity contribution in [2.45, 2.75) is 18.8 Å². The smallest absolute Gasteiger partial charge is 0.255 e. The van der Waals surface area contributed by atoms with Crippen LogP contribution in [-0.4, -0.2) is 17.7 Å². The number of aryl methyl sites for hydroxylation is 1. The van der Waals surface area contributed by atoms with Crippen LogP contribution in [0.3, 0.4) is 0 Å². The Morgan fingerprint density at radius 3 is 1.74 bits per heavy atom. The van der Waals surface area contributed by atoms with Crippen LogP contribution in [0.4, 0.5) is 11.4 Å². The molecule has 1 N–H and O–H groups in total. The molecule has 0 spiro atoms. The maximum atomic E-state index is 13.9. The van der Waals surface area contributed by atoms with Crippen LogP contribution in [0.25, 0.3) is 0 Å². The van der Waals surface area contributed by atoms with E-state index in [4.69, 9.17) is 11.6 Å². The lowest BCUT2D eigenvalue weighted by molar-refractivity contribution is -0.122. The second-order valence-electron chi connectivity index (χ2n) is 10.2. The molecule has 8 rings (SSSR count). The number of carbonyl (C=O) groups is 3. The van der Waals surface area contributed by atoms with Gasteiger partial charge in [-0.1, -0.05) is 66.2 Å². The second kappa shape index (κ2) is 8.40. The number of rotatable bonds is 3. The fraction of sp³-hybridized carbons (Fsp3) is 0.156. The van der Waals surface area contributed by atoms with Gasteiger partial charge in [-0.2, -0.15) is 0 Å². The van der Waals surface area contributed by atoms with Gasteiger partial charge < -0.3 is 5.32 Å². The molecule has 1 aliphatic heterocycles. The van der Waals surface area contributed by atoms with Gasteiger partial charge in [-0.3, -0.25) is 14.4 Å². The third kappa shape index (κ3) is 3.21. The first-order chi connectivity index (χ1) is 18.4. The quantitative estimate of drug-likeness (QED) is 0.324. The number of benzene rings is 4. The van der Waals surface area contributed by atoms with Gasteiger partial charge in [-0.25, -0.2) is 4.90 Å². The van der Waals surface area contributed by atoms with Crippen LogP contribution in [0.15, 0.2) is 91.0 Å². The summed E-state index contributed by atoms with van der Waals surface area (Å²) in [4.78, 5) is 42.0. The standard InChI is InChI=1S/C32H23ClN2O3/c1-17-10-13-19(33)16-25(17)34-30(36)18-11-14-20(15-12-18)35-31(37)28-26-21-6-2-3-7-22(21)27(29(28)32(35)38)24-9-5-4-8-23(24)26/h2-16,26-29H,1H3,(H,34,36)/t26?,27?,28-,29+. The van der Waals surface area contributed by atoms with E-state index in [0.717, 1.165) is 27.8 Å². The van der Waals surface area contributed by atoms with Gasteiger partial charge in [0, 0.05) is 28.1 Å². The Bertz CT molecular complexity index is 1550. The van der Waals surface area contributed by atoms with Gasteiger partial charge in [0.25, 0.3) is 5.91 Å². The van der Waals surface area contributed by atoms with E-state index in [1.807, 2.05) is 37.3 Å². The van der Waals surface area contributed by atoms with Crippen LogP contribution in [0.5, 0.6) is 0 Å². The predicted molar refractivity (Wildman–Crippen MR) is 147 cm³/mol. The van der Waals surface area contributed by atoms with E-state index >= 15 is 0 Å². The molecule has 0 radical (unpaired) electrons. The summed E-state index contributed by atoms with van der Waals surface area (Å²) < 4.78 is 0. The summed E-state index contributed by atoms with van der Waals surface area (Å²) in [6.45, 7) is 1.89. The van der Waals surface area contributed by atoms with Gasteiger partial charge in [0.05, 0.1) is 17.5 Å². The zero-order chi connectivity index (χ0) is 26.1. The highest BCUT2D eigenvalue weighted by Crippen LogP contribution is 2.61. The summed E-state index contributed by atoms with van der Waals surface area (Å²) in [5, 5.41) is 3.42. The van der Waals surface area contributed by atoms with Crippen LogP contribution in [0, 0.1) is 18.8 Å². The lowest BCUT2D eigenvalue weighted by Gasteiger charge is -2.45. The topological polar surface area (TPSA) is 66.5 Å². The molecule has 2 bridgehead atoms. The Hall–Kier alpha value is -4.22. The molecule has 0 unspecified atom stereocenters. The van der Waals surface area contributed by atoms with Crippen LogP contribution >= 0.6 is 11.6 Å². The second-order valence-corrected chi connectivity index (χ2v) is 10.7. The lowest BCUT2D eigenvalue weighted by Crippen LogP contribution is -2.41. The van der Waals surface area contributed by atoms with Crippen molar-refractivity contribution in [2.75, 3.05) is 10.2 Å². The van der Waals surface area contributed by atoms with Crippen LogP contribution in [0.2, 0.25) is 5.02 Å². The van der Waals surface area contributed by atoms with E-state index < -0.39 is 11.8 Å². The Morgan fingerprint density at radius 1 is 0.737 bits per heavy atom. The minimum absolute atomic E-state index is 0.148. The van der Waals surface area contributed by atoms with Gasteiger partial charge >= 0.3 is 0 Å². The average Bonchev–Trinajstić information content (AvgIpc) is 3.21. The van der Waals surface area contributed by atoms with Crippen molar-refractivity contribution in [1.29, 1.82) is 0 Å². The van der Waals surface area contributed by atoms with E-state index in [-0.39, 0.29) is 29.6 Å². The maximum absolute atomic E-state index is 13.9. The van der Waals surface area contributed by atoms with Gasteiger partial charge in [-0.05, 0) is 71.1 Å². The summed E-state index contributed by atoms with van der Waals surface area (Å²) in [6.07, 6.45) is 0. The number of halogens is 1. The number of imide groups is 1. The van der Waals surface area contributed by atoms with Gasteiger partial charge in [0.15, 0.2) is 0 Å². The van der Waals surface area contributed by atoms with Crippen LogP contribution in [0.1, 0.15) is 50.0 Å². The van der Waals surface area contributed by atoms with Crippen molar-refractivity contribution in [3.63, 3.8) is 0 Å². The van der Waals surface area contributed by atoms with E-state index in [9.17, 15) is 14.4 Å².